The van der Waals surface area contributed by atoms with E-state index in [9.17, 15) is 8.42 Å². The van der Waals surface area contributed by atoms with Crippen LogP contribution >= 0.6 is 28.4 Å². The molecule has 0 spiro atoms. The summed E-state index contributed by atoms with van der Waals surface area (Å²) >= 11 is 2.41. The van der Waals surface area contributed by atoms with Gasteiger partial charge in [0.25, 0.3) is 0 Å². The van der Waals surface area contributed by atoms with Crippen molar-refractivity contribution >= 4 is 38.2 Å². The van der Waals surface area contributed by atoms with Crippen molar-refractivity contribution in [3.63, 3.8) is 0 Å². The Morgan fingerprint density at radius 2 is 1.11 bits per heavy atom. The molecule has 5 heteroatoms. The molecule has 0 saturated heterocycles. The second kappa shape index (κ2) is 3.98. The predicted molar refractivity (Wildman–Crippen MR) is 82.4 cm³/mol. The lowest BCUT2D eigenvalue weighted by Gasteiger charge is -2.36. The number of sulfone groups is 1. The molecule has 0 aromatic heterocycles. The Labute approximate surface area is 120 Å². The Bertz CT molecular complexity index is 681. The molecule has 2 nitrogen and oxygen atoms in total. The average Bonchev–Trinajstić information content (AvgIpc) is 2.37. The van der Waals surface area contributed by atoms with Gasteiger partial charge in [0.2, 0.25) is 9.84 Å². The summed E-state index contributed by atoms with van der Waals surface area (Å²) < 4.78 is 25.2. The van der Waals surface area contributed by atoms with Crippen molar-refractivity contribution in [1.29, 1.82) is 0 Å². The van der Waals surface area contributed by atoms with Crippen molar-refractivity contribution in [3.05, 3.63) is 48.5 Å². The fourth-order valence-electron chi connectivity index (χ4n) is 2.21. The van der Waals surface area contributed by atoms with E-state index in [0.29, 0.717) is 9.79 Å². The van der Waals surface area contributed by atoms with E-state index in [2.05, 4.69) is 27.5 Å². The second-order valence-corrected chi connectivity index (χ2v) is 13.9. The highest BCUT2D eigenvalue weighted by molar-refractivity contribution is 14.2. The number of benzene rings is 2. The molecule has 1 heterocycles. The Balaban J connectivity index is 2.49. The Morgan fingerprint density at radius 3 is 1.50 bits per heavy atom. The van der Waals surface area contributed by atoms with Crippen molar-refractivity contribution in [1.82, 2.24) is 0 Å². The van der Waals surface area contributed by atoms with E-state index in [0.717, 1.165) is 9.79 Å². The highest BCUT2D eigenvalue weighted by atomic mass is 127. The van der Waals surface area contributed by atoms with Crippen LogP contribution in [0.15, 0.2) is 68.1 Å². The van der Waals surface area contributed by atoms with E-state index in [1.165, 1.54) is 0 Å². The van der Waals surface area contributed by atoms with E-state index in [-0.39, 0.29) is 0 Å². The molecule has 2 aromatic carbocycles. The quantitative estimate of drug-likeness (QED) is 0.637. The number of halogens is 1. The van der Waals surface area contributed by atoms with Crippen molar-refractivity contribution < 1.29 is 8.42 Å². The van der Waals surface area contributed by atoms with Gasteiger partial charge in [0, 0.05) is 9.79 Å². The van der Waals surface area contributed by atoms with Gasteiger partial charge in [0.05, 0.1) is 9.79 Å². The third-order valence-electron chi connectivity index (χ3n) is 3.10. The van der Waals surface area contributed by atoms with Gasteiger partial charge in [-0.1, -0.05) is 24.3 Å². The molecule has 0 unspecified atom stereocenters. The van der Waals surface area contributed by atoms with Crippen LogP contribution in [0.5, 0.6) is 0 Å². The van der Waals surface area contributed by atoms with Crippen LogP contribution in [0.25, 0.3) is 0 Å². The predicted octanol–water partition coefficient (Wildman–Crippen LogP) is 4.04. The van der Waals surface area contributed by atoms with Crippen molar-refractivity contribution in [3.8, 4) is 0 Å². The van der Waals surface area contributed by atoms with E-state index in [1.807, 2.05) is 24.3 Å². The van der Waals surface area contributed by atoms with Crippen LogP contribution in [0, 0.1) is 0 Å². The smallest absolute Gasteiger partial charge is 0.208 e. The van der Waals surface area contributed by atoms with Crippen LogP contribution in [0.1, 0.15) is 0 Å². The first kappa shape index (κ1) is 12.5. The van der Waals surface area contributed by atoms with Crippen LogP contribution in [0.3, 0.4) is 0 Å². The molecule has 0 radical (unpaired) electrons. The summed E-state index contributed by atoms with van der Waals surface area (Å²) in [5.41, 5.74) is 0. The fourth-order valence-corrected chi connectivity index (χ4v) is 10.3. The normalized spacial score (nSPS) is 20.6. The molecular formula is C13H11IO2S2. The molecule has 2 aromatic rings. The summed E-state index contributed by atoms with van der Waals surface area (Å²) in [6.45, 7) is 0. The highest BCUT2D eigenvalue weighted by Crippen LogP contribution is 2.71. The zero-order valence-corrected chi connectivity index (χ0v) is 13.4. The topological polar surface area (TPSA) is 34.1 Å². The Kier molecular flexibility index (Phi) is 2.76. The zero-order chi connectivity index (χ0) is 13.0. The van der Waals surface area contributed by atoms with E-state index < -0.39 is 17.0 Å². The summed E-state index contributed by atoms with van der Waals surface area (Å²) in [4.78, 5) is 2.83. The van der Waals surface area contributed by atoms with Crippen LogP contribution in [0.4, 0.5) is 0 Å². The number of hydrogen-bond donors (Lipinski definition) is 0. The lowest BCUT2D eigenvalue weighted by molar-refractivity contribution is 0.590. The number of fused-ring (bicyclic) bond motifs is 2. The van der Waals surface area contributed by atoms with Crippen LogP contribution in [-0.2, 0) is 9.84 Å². The summed E-state index contributed by atoms with van der Waals surface area (Å²) in [5, 5.41) is 0. The lowest BCUT2D eigenvalue weighted by atomic mass is 10.3. The molecule has 0 fully saturated rings. The fraction of sp³-hybridized carbons (Fsp3) is 0.0769. The maximum atomic E-state index is 12.6. The molecule has 1 aliphatic rings. The monoisotopic (exact) mass is 390 g/mol. The molecule has 1 aliphatic heterocycles. The molecule has 0 bridgehead atoms. The van der Waals surface area contributed by atoms with Gasteiger partial charge in [-0.05, 0) is 51.7 Å². The van der Waals surface area contributed by atoms with Gasteiger partial charge in [-0.3, -0.25) is 0 Å². The van der Waals surface area contributed by atoms with Crippen molar-refractivity contribution in [2.45, 2.75) is 19.6 Å². The van der Waals surface area contributed by atoms with Gasteiger partial charge in [0.1, 0.15) is 0 Å². The van der Waals surface area contributed by atoms with Crippen LogP contribution in [0.2, 0.25) is 0 Å². The summed E-state index contributed by atoms with van der Waals surface area (Å²) in [6.07, 6.45) is 2.14. The first-order valence-corrected chi connectivity index (χ1v) is 11.4. The molecule has 0 saturated carbocycles. The first-order chi connectivity index (χ1) is 8.45. The Morgan fingerprint density at radius 1 is 0.778 bits per heavy atom. The largest absolute Gasteiger partial charge is 0.218 e. The summed E-state index contributed by atoms with van der Waals surface area (Å²) in [6, 6.07) is 14.7. The molecule has 0 amide bonds. The number of hydrogen-bond acceptors (Lipinski definition) is 2. The Hall–Kier alpha value is -0.530. The molecule has 3 rings (SSSR count). The summed E-state index contributed by atoms with van der Waals surface area (Å²) in [5.74, 6) is 0. The minimum Gasteiger partial charge on any atom is -0.218 e. The van der Waals surface area contributed by atoms with Gasteiger partial charge >= 0.3 is 0 Å². The van der Waals surface area contributed by atoms with Gasteiger partial charge in [-0.15, -0.1) is 7.20 Å². The summed E-state index contributed by atoms with van der Waals surface area (Å²) in [7, 11) is -4.64. The first-order valence-electron chi connectivity index (χ1n) is 5.37. The SMILES string of the molecule is CS1(I)c2ccccc2S(=O)(=O)c2ccccc21. The van der Waals surface area contributed by atoms with Crippen LogP contribution < -0.4 is 0 Å². The highest BCUT2D eigenvalue weighted by Gasteiger charge is 2.38. The molecule has 0 atom stereocenters. The van der Waals surface area contributed by atoms with Crippen molar-refractivity contribution in [2.75, 3.05) is 6.26 Å². The van der Waals surface area contributed by atoms with E-state index in [1.54, 1.807) is 24.3 Å². The second-order valence-electron chi connectivity index (χ2n) is 4.22. The van der Waals surface area contributed by atoms with Gasteiger partial charge in [-0.25, -0.2) is 8.42 Å². The lowest BCUT2D eigenvalue weighted by Crippen LogP contribution is -2.14. The van der Waals surface area contributed by atoms with Gasteiger partial charge < -0.3 is 0 Å². The molecular weight excluding hydrogens is 379 g/mol. The van der Waals surface area contributed by atoms with Gasteiger partial charge in [-0.2, -0.15) is 0 Å². The molecule has 94 valence electrons. The van der Waals surface area contributed by atoms with E-state index in [4.69, 9.17) is 0 Å². The molecule has 0 N–H and O–H groups in total. The standard InChI is InChI=1S/C13H11IO2S2/c1-17(14)10-6-2-4-8-12(10)18(15,16)13-9-5-3-7-11(13)17/h2-9H,1H3. The van der Waals surface area contributed by atoms with Crippen molar-refractivity contribution in [2.24, 2.45) is 0 Å². The maximum Gasteiger partial charge on any atom is 0.208 e. The minimum atomic E-state index is -3.36. The third-order valence-corrected chi connectivity index (χ3v) is 10.4. The molecule has 18 heavy (non-hydrogen) atoms. The van der Waals surface area contributed by atoms with Crippen LogP contribution in [-0.4, -0.2) is 14.7 Å². The maximum absolute atomic E-state index is 12.6. The molecule has 0 aliphatic carbocycles. The zero-order valence-electron chi connectivity index (χ0n) is 9.63. The third kappa shape index (κ3) is 1.57. The number of rotatable bonds is 0. The van der Waals surface area contributed by atoms with Gasteiger partial charge in [0.15, 0.2) is 0 Å². The van der Waals surface area contributed by atoms with E-state index >= 15 is 0 Å². The average molecular weight is 390 g/mol. The minimum absolute atomic E-state index is 0.468.